The highest BCUT2D eigenvalue weighted by Crippen LogP contribution is 2.50. The number of nitrogens with one attached hydrogen (secondary N) is 1. The van der Waals surface area contributed by atoms with E-state index in [1.54, 1.807) is 0 Å². The SMILES string of the molecule is Cc1nc(N2CCC3(CCC[C@H]3C)CC2)c(CO)nc1-c1ccc2c(c1)C(=O)NC2. The van der Waals surface area contributed by atoms with Gasteiger partial charge in [0.05, 0.1) is 18.0 Å². The van der Waals surface area contributed by atoms with E-state index >= 15 is 0 Å². The molecule has 1 saturated carbocycles. The van der Waals surface area contributed by atoms with E-state index in [2.05, 4.69) is 17.1 Å². The van der Waals surface area contributed by atoms with Gasteiger partial charge in [-0.2, -0.15) is 0 Å². The fourth-order valence-electron chi connectivity index (χ4n) is 5.75. The van der Waals surface area contributed by atoms with Crippen LogP contribution < -0.4 is 10.2 Å². The van der Waals surface area contributed by atoms with E-state index in [0.717, 1.165) is 47.3 Å². The zero-order chi connectivity index (χ0) is 20.9. The van der Waals surface area contributed by atoms with Crippen molar-refractivity contribution in [2.24, 2.45) is 11.3 Å². The van der Waals surface area contributed by atoms with Crippen molar-refractivity contribution in [2.75, 3.05) is 18.0 Å². The fraction of sp³-hybridized carbons (Fsp3) is 0.542. The Morgan fingerprint density at radius 3 is 2.73 bits per heavy atom. The van der Waals surface area contributed by atoms with E-state index in [1.807, 2.05) is 25.1 Å². The molecule has 3 heterocycles. The lowest BCUT2D eigenvalue weighted by atomic mass is 9.71. The van der Waals surface area contributed by atoms with E-state index < -0.39 is 0 Å². The Hall–Kier alpha value is -2.47. The summed E-state index contributed by atoms with van der Waals surface area (Å²) < 4.78 is 0. The summed E-state index contributed by atoms with van der Waals surface area (Å²) in [6.07, 6.45) is 6.46. The third-order valence-corrected chi connectivity index (χ3v) is 7.75. The normalized spacial score (nSPS) is 22.4. The molecule has 1 aromatic carbocycles. The number of amides is 1. The molecule has 0 unspecified atom stereocenters. The number of aryl methyl sites for hydroxylation is 1. The van der Waals surface area contributed by atoms with Crippen molar-refractivity contribution >= 4 is 11.7 Å². The molecule has 6 nitrogen and oxygen atoms in total. The summed E-state index contributed by atoms with van der Waals surface area (Å²) in [6, 6.07) is 5.85. The molecule has 1 amide bonds. The van der Waals surface area contributed by atoms with Crippen molar-refractivity contribution in [3.05, 3.63) is 40.7 Å². The molecule has 2 fully saturated rings. The summed E-state index contributed by atoms with van der Waals surface area (Å²) in [5.41, 5.74) is 5.28. The Morgan fingerprint density at radius 1 is 1.23 bits per heavy atom. The van der Waals surface area contributed by atoms with Crippen LogP contribution in [0.2, 0.25) is 0 Å². The second kappa shape index (κ2) is 7.34. The van der Waals surface area contributed by atoms with E-state index in [4.69, 9.17) is 9.97 Å². The molecule has 2 aliphatic heterocycles. The predicted octanol–water partition coefficient (Wildman–Crippen LogP) is 3.59. The molecule has 2 aromatic rings. The molecule has 0 bridgehead atoms. The van der Waals surface area contributed by atoms with Crippen molar-refractivity contribution in [1.29, 1.82) is 0 Å². The Balaban J connectivity index is 1.44. The zero-order valence-corrected chi connectivity index (χ0v) is 17.9. The Bertz CT molecular complexity index is 995. The maximum atomic E-state index is 12.1. The number of hydrogen-bond donors (Lipinski definition) is 2. The number of aliphatic hydroxyl groups excluding tert-OH is 1. The van der Waals surface area contributed by atoms with Crippen LogP contribution in [0.1, 0.15) is 66.3 Å². The van der Waals surface area contributed by atoms with Crippen molar-refractivity contribution < 1.29 is 9.90 Å². The molecule has 158 valence electrons. The van der Waals surface area contributed by atoms with E-state index in [9.17, 15) is 9.90 Å². The standard InChI is InChI=1S/C24H30N4O2/c1-15-4-3-7-24(15)8-10-28(11-9-24)22-20(14-29)27-21(16(2)26-22)17-5-6-18-13-25-23(30)19(18)12-17/h5-6,12,15,29H,3-4,7-11,13-14H2,1-2H3,(H,25,30)/t15-/m1/s1. The van der Waals surface area contributed by atoms with Gasteiger partial charge in [-0.25, -0.2) is 9.97 Å². The number of carbonyl (C=O) groups is 1. The third kappa shape index (κ3) is 3.09. The largest absolute Gasteiger partial charge is 0.390 e. The van der Waals surface area contributed by atoms with Crippen LogP contribution in [0.4, 0.5) is 5.82 Å². The minimum Gasteiger partial charge on any atom is -0.390 e. The molecule has 6 heteroatoms. The van der Waals surface area contributed by atoms with Crippen LogP contribution in [0.15, 0.2) is 18.2 Å². The monoisotopic (exact) mass is 406 g/mol. The van der Waals surface area contributed by atoms with Crippen molar-refractivity contribution in [3.63, 3.8) is 0 Å². The summed E-state index contributed by atoms with van der Waals surface area (Å²) in [7, 11) is 0. The van der Waals surface area contributed by atoms with Gasteiger partial charge in [0.25, 0.3) is 5.91 Å². The van der Waals surface area contributed by atoms with Crippen LogP contribution in [0.5, 0.6) is 0 Å². The van der Waals surface area contributed by atoms with Gasteiger partial charge in [0.2, 0.25) is 0 Å². The van der Waals surface area contributed by atoms with Gasteiger partial charge < -0.3 is 15.3 Å². The molecule has 0 radical (unpaired) electrons. The zero-order valence-electron chi connectivity index (χ0n) is 17.9. The number of piperidine rings is 1. The summed E-state index contributed by atoms with van der Waals surface area (Å²) in [6.45, 7) is 6.77. The Labute approximate surface area is 177 Å². The number of benzene rings is 1. The Morgan fingerprint density at radius 2 is 2.03 bits per heavy atom. The van der Waals surface area contributed by atoms with Gasteiger partial charge in [-0.05, 0) is 49.1 Å². The van der Waals surface area contributed by atoms with Gasteiger partial charge in [0.1, 0.15) is 5.69 Å². The summed E-state index contributed by atoms with van der Waals surface area (Å²) in [5.74, 6) is 1.59. The highest BCUT2D eigenvalue weighted by molar-refractivity contribution is 5.99. The minimum absolute atomic E-state index is 0.0418. The summed E-state index contributed by atoms with van der Waals surface area (Å²) in [5, 5.41) is 12.9. The van der Waals surface area contributed by atoms with Gasteiger partial charge in [0, 0.05) is 30.8 Å². The average Bonchev–Trinajstić information content (AvgIpc) is 3.31. The summed E-state index contributed by atoms with van der Waals surface area (Å²) >= 11 is 0. The third-order valence-electron chi connectivity index (χ3n) is 7.75. The second-order valence-electron chi connectivity index (χ2n) is 9.28. The van der Waals surface area contributed by atoms with Gasteiger partial charge in [-0.1, -0.05) is 31.9 Å². The number of hydrogen-bond acceptors (Lipinski definition) is 5. The number of carbonyl (C=O) groups excluding carboxylic acids is 1. The molecule has 1 saturated heterocycles. The van der Waals surface area contributed by atoms with E-state index in [1.165, 1.54) is 32.1 Å². The molecule has 2 N–H and O–H groups in total. The maximum Gasteiger partial charge on any atom is 0.251 e. The van der Waals surface area contributed by atoms with Crippen LogP contribution >= 0.6 is 0 Å². The average molecular weight is 407 g/mol. The van der Waals surface area contributed by atoms with Gasteiger partial charge in [-0.15, -0.1) is 0 Å². The van der Waals surface area contributed by atoms with Crippen LogP contribution in [-0.4, -0.2) is 34.1 Å². The molecule has 1 atom stereocenters. The second-order valence-corrected chi connectivity index (χ2v) is 9.28. The van der Waals surface area contributed by atoms with Gasteiger partial charge in [0.15, 0.2) is 5.82 Å². The van der Waals surface area contributed by atoms with E-state index in [-0.39, 0.29) is 12.5 Å². The molecule has 1 aliphatic carbocycles. The Kier molecular flexibility index (Phi) is 4.77. The number of anilines is 1. The number of aliphatic hydroxyl groups is 1. The lowest BCUT2D eigenvalue weighted by Crippen LogP contribution is -2.42. The molecule has 5 rings (SSSR count). The van der Waals surface area contributed by atoms with Crippen LogP contribution in [0.25, 0.3) is 11.3 Å². The lowest BCUT2D eigenvalue weighted by molar-refractivity contribution is 0.0966. The lowest BCUT2D eigenvalue weighted by Gasteiger charge is -2.43. The minimum atomic E-state index is -0.140. The molecular weight excluding hydrogens is 376 g/mol. The van der Waals surface area contributed by atoms with Crippen molar-refractivity contribution in [1.82, 2.24) is 15.3 Å². The molecule has 1 aromatic heterocycles. The molecule has 30 heavy (non-hydrogen) atoms. The number of rotatable bonds is 3. The highest BCUT2D eigenvalue weighted by atomic mass is 16.3. The molecule has 1 spiro atoms. The van der Waals surface area contributed by atoms with Crippen LogP contribution in [-0.2, 0) is 13.2 Å². The number of nitrogens with zero attached hydrogens (tertiary/aromatic N) is 3. The van der Waals surface area contributed by atoms with Crippen molar-refractivity contribution in [3.8, 4) is 11.3 Å². The van der Waals surface area contributed by atoms with Crippen LogP contribution in [0.3, 0.4) is 0 Å². The quantitative estimate of drug-likeness (QED) is 0.814. The molecule has 3 aliphatic rings. The van der Waals surface area contributed by atoms with Crippen LogP contribution in [0, 0.1) is 18.3 Å². The first-order valence-electron chi connectivity index (χ1n) is 11.2. The maximum absolute atomic E-state index is 12.1. The van der Waals surface area contributed by atoms with Gasteiger partial charge in [-0.3, -0.25) is 4.79 Å². The fourth-order valence-corrected chi connectivity index (χ4v) is 5.75. The first-order valence-corrected chi connectivity index (χ1v) is 11.2. The number of fused-ring (bicyclic) bond motifs is 1. The van der Waals surface area contributed by atoms with E-state index in [0.29, 0.717) is 23.2 Å². The first-order chi connectivity index (χ1) is 14.5. The number of aromatic nitrogens is 2. The predicted molar refractivity (Wildman–Crippen MR) is 116 cm³/mol. The first kappa shape index (κ1) is 19.5. The smallest absolute Gasteiger partial charge is 0.251 e. The molecular formula is C24H30N4O2. The van der Waals surface area contributed by atoms with Gasteiger partial charge >= 0.3 is 0 Å². The summed E-state index contributed by atoms with van der Waals surface area (Å²) in [4.78, 5) is 24.1. The topological polar surface area (TPSA) is 78.3 Å². The highest BCUT2D eigenvalue weighted by Gasteiger charge is 2.42. The van der Waals surface area contributed by atoms with Crippen molar-refractivity contribution in [2.45, 2.75) is 59.1 Å².